The molecule has 3 heterocycles. The average Bonchev–Trinajstić information content (AvgIpc) is 3.00. The predicted octanol–water partition coefficient (Wildman–Crippen LogP) is 4.81. The highest BCUT2D eigenvalue weighted by Gasteiger charge is 2.33. The van der Waals surface area contributed by atoms with Crippen LogP contribution >= 0.6 is 0 Å². The van der Waals surface area contributed by atoms with E-state index in [-0.39, 0.29) is 43.0 Å². The minimum atomic E-state index is -4.46. The third kappa shape index (κ3) is 10.8. The Morgan fingerprint density at radius 3 is 2.13 bits per heavy atom. The molecule has 2 aliphatic rings. The number of hydrogen-bond acceptors (Lipinski definition) is 8. The van der Waals surface area contributed by atoms with Crippen LogP contribution in [0.1, 0.15) is 57.6 Å². The number of pyridine rings is 1. The van der Waals surface area contributed by atoms with Crippen LogP contribution < -0.4 is 10.2 Å². The maximum Gasteiger partial charge on any atom is 0.416 e. The summed E-state index contributed by atoms with van der Waals surface area (Å²) in [5.41, 5.74) is -0.207. The largest absolute Gasteiger partial charge is 0.444 e. The molecule has 0 spiro atoms. The molecule has 1 aromatic carbocycles. The second-order valence-corrected chi connectivity index (χ2v) is 14.8. The number of anilines is 1. The van der Waals surface area contributed by atoms with Gasteiger partial charge in [-0.15, -0.1) is 0 Å². The van der Waals surface area contributed by atoms with Gasteiger partial charge < -0.3 is 19.9 Å². The van der Waals surface area contributed by atoms with Crippen LogP contribution in [0.2, 0.25) is 0 Å². The van der Waals surface area contributed by atoms with Crippen molar-refractivity contribution in [2.45, 2.75) is 69.7 Å². The van der Waals surface area contributed by atoms with Gasteiger partial charge in [0.15, 0.2) is 0 Å². The molecule has 2 fully saturated rings. The zero-order valence-corrected chi connectivity index (χ0v) is 27.9. The molecule has 2 saturated heterocycles. The van der Waals surface area contributed by atoms with Crippen LogP contribution in [0.15, 0.2) is 47.5 Å². The van der Waals surface area contributed by atoms with Crippen molar-refractivity contribution in [1.82, 2.24) is 24.4 Å². The molecule has 14 heteroatoms. The number of halogens is 3. The Hall–Kier alpha value is -2.94. The monoisotopic (exact) mass is 668 g/mol. The number of carbonyl (C=O) groups excluding carboxylic acids is 1. The Morgan fingerprint density at radius 2 is 1.50 bits per heavy atom. The summed E-state index contributed by atoms with van der Waals surface area (Å²) < 4.78 is 72.5. The highest BCUT2D eigenvalue weighted by Crippen LogP contribution is 2.31. The van der Waals surface area contributed by atoms with Gasteiger partial charge in [-0.3, -0.25) is 4.90 Å². The molecule has 10 nitrogen and oxygen atoms in total. The fraction of sp³-hybridized carbons (Fsp3) is 0.625. The number of alkyl halides is 3. The lowest BCUT2D eigenvalue weighted by Crippen LogP contribution is -2.49. The molecule has 0 radical (unpaired) electrons. The Kier molecular flexibility index (Phi) is 12.3. The van der Waals surface area contributed by atoms with Crippen molar-refractivity contribution in [3.8, 4) is 0 Å². The number of aromatic nitrogens is 1. The molecule has 0 aliphatic carbocycles. The lowest BCUT2D eigenvalue weighted by Gasteiger charge is -2.35. The molecular weight excluding hydrogens is 621 g/mol. The molecule has 2 aromatic rings. The van der Waals surface area contributed by atoms with E-state index in [0.29, 0.717) is 6.54 Å². The summed E-state index contributed by atoms with van der Waals surface area (Å²) >= 11 is 0. The lowest BCUT2D eigenvalue weighted by molar-refractivity contribution is -0.137. The van der Waals surface area contributed by atoms with Crippen molar-refractivity contribution in [2.75, 3.05) is 70.3 Å². The summed E-state index contributed by atoms with van der Waals surface area (Å²) in [7, 11) is -3.72. The number of carbonyl (C=O) groups is 1. The number of unbranched alkanes of at least 4 members (excludes halogenated alkanes) is 3. The summed E-state index contributed by atoms with van der Waals surface area (Å²) in [6.45, 7) is 12.7. The average molecular weight is 669 g/mol. The highest BCUT2D eigenvalue weighted by atomic mass is 32.2. The maximum atomic E-state index is 13.3. The molecule has 0 bridgehead atoms. The molecule has 0 saturated carbocycles. The molecule has 1 amide bonds. The summed E-state index contributed by atoms with van der Waals surface area (Å²) in [6, 6.07) is 8.94. The minimum Gasteiger partial charge on any atom is -0.444 e. The van der Waals surface area contributed by atoms with Crippen LogP contribution in [0.5, 0.6) is 0 Å². The molecule has 4 rings (SSSR count). The van der Waals surface area contributed by atoms with E-state index in [1.54, 1.807) is 17.0 Å². The molecule has 2 aliphatic heterocycles. The van der Waals surface area contributed by atoms with E-state index in [0.717, 1.165) is 88.8 Å². The van der Waals surface area contributed by atoms with Crippen molar-refractivity contribution in [1.29, 1.82) is 0 Å². The standard InChI is InChI=1S/C32H47F3N6O4S/c1-31(2,3)45-30(42)37-13-6-4-5-7-15-38-16-18-39(19-17-38)25-26-8-10-28(11-9-26)46(43,44)41-22-20-40(21-23-41)29-24-27(12-14-36-29)32(33,34)35/h8-12,14,24H,4-7,13,15-23,25H2,1-3H3,(H,37,42). The normalized spacial score (nSPS) is 17.7. The van der Waals surface area contributed by atoms with Gasteiger partial charge >= 0.3 is 12.3 Å². The van der Waals surface area contributed by atoms with Crippen LogP contribution in [0.4, 0.5) is 23.8 Å². The number of nitrogens with zero attached hydrogens (tertiary/aromatic N) is 5. The van der Waals surface area contributed by atoms with Gasteiger partial charge in [0, 0.05) is 71.6 Å². The minimum absolute atomic E-state index is 0.164. The van der Waals surface area contributed by atoms with Gasteiger partial charge in [-0.1, -0.05) is 25.0 Å². The van der Waals surface area contributed by atoms with E-state index < -0.39 is 27.4 Å². The molecule has 1 N–H and O–H groups in total. The van der Waals surface area contributed by atoms with Gasteiger partial charge in [-0.05, 0) is 70.0 Å². The number of hydrogen-bond donors (Lipinski definition) is 1. The third-order valence-corrected chi connectivity index (χ3v) is 10.0. The van der Waals surface area contributed by atoms with E-state index in [1.165, 1.54) is 4.31 Å². The first-order chi connectivity index (χ1) is 21.7. The number of ether oxygens (including phenoxy) is 1. The lowest BCUT2D eigenvalue weighted by atomic mass is 10.1. The molecule has 0 atom stereocenters. The Morgan fingerprint density at radius 1 is 0.870 bits per heavy atom. The number of sulfonamides is 1. The molecule has 0 unspecified atom stereocenters. The molecule has 46 heavy (non-hydrogen) atoms. The Labute approximate surface area is 270 Å². The first kappa shape index (κ1) is 35.9. The quantitative estimate of drug-likeness (QED) is 0.322. The number of piperazine rings is 2. The van der Waals surface area contributed by atoms with E-state index in [2.05, 4.69) is 20.1 Å². The van der Waals surface area contributed by atoms with E-state index in [9.17, 15) is 26.4 Å². The number of benzene rings is 1. The topological polar surface area (TPSA) is 98.3 Å². The number of amides is 1. The SMILES string of the molecule is CC(C)(C)OC(=O)NCCCCCCN1CCN(Cc2ccc(S(=O)(=O)N3CCN(c4cc(C(F)(F)F)ccn4)CC3)cc2)CC1. The van der Waals surface area contributed by atoms with Crippen LogP contribution in [0.25, 0.3) is 0 Å². The fourth-order valence-electron chi connectivity index (χ4n) is 5.59. The zero-order valence-electron chi connectivity index (χ0n) is 27.1. The maximum absolute atomic E-state index is 13.3. The summed E-state index contributed by atoms with van der Waals surface area (Å²) in [4.78, 5) is 22.5. The van der Waals surface area contributed by atoms with Gasteiger partial charge in [-0.2, -0.15) is 17.5 Å². The van der Waals surface area contributed by atoms with Gasteiger partial charge in [0.2, 0.25) is 10.0 Å². The summed E-state index contributed by atoms with van der Waals surface area (Å²) in [6.07, 6.45) is 0.544. The zero-order chi connectivity index (χ0) is 33.4. The summed E-state index contributed by atoms with van der Waals surface area (Å²) in [5, 5.41) is 2.80. The van der Waals surface area contributed by atoms with Crippen molar-refractivity contribution >= 4 is 21.9 Å². The molecule has 256 valence electrons. The first-order valence-corrected chi connectivity index (χ1v) is 17.4. The van der Waals surface area contributed by atoms with E-state index in [1.807, 2.05) is 32.9 Å². The highest BCUT2D eigenvalue weighted by molar-refractivity contribution is 7.89. The van der Waals surface area contributed by atoms with Crippen LogP contribution in [0, 0.1) is 0 Å². The second-order valence-electron chi connectivity index (χ2n) is 12.9. The molecule has 1 aromatic heterocycles. The van der Waals surface area contributed by atoms with Crippen LogP contribution in [-0.2, 0) is 27.5 Å². The number of nitrogens with one attached hydrogen (secondary N) is 1. The summed E-state index contributed by atoms with van der Waals surface area (Å²) in [5.74, 6) is 0.193. The van der Waals surface area contributed by atoms with Gasteiger partial charge in [-0.25, -0.2) is 18.2 Å². The van der Waals surface area contributed by atoms with Gasteiger partial charge in [0.1, 0.15) is 11.4 Å². The number of rotatable bonds is 12. The van der Waals surface area contributed by atoms with E-state index in [4.69, 9.17) is 4.74 Å². The smallest absolute Gasteiger partial charge is 0.416 e. The third-order valence-electron chi connectivity index (χ3n) is 8.14. The predicted molar refractivity (Wildman–Crippen MR) is 171 cm³/mol. The second kappa shape index (κ2) is 15.8. The van der Waals surface area contributed by atoms with Crippen molar-refractivity contribution < 1.29 is 31.1 Å². The van der Waals surface area contributed by atoms with Crippen LogP contribution in [-0.4, -0.2) is 105 Å². The van der Waals surface area contributed by atoms with Crippen LogP contribution in [0.3, 0.4) is 0 Å². The Bertz CT molecular complexity index is 1370. The first-order valence-electron chi connectivity index (χ1n) is 16.0. The Balaban J connectivity index is 1.13. The van der Waals surface area contributed by atoms with Crippen molar-refractivity contribution in [3.63, 3.8) is 0 Å². The fourth-order valence-corrected chi connectivity index (χ4v) is 7.01. The van der Waals surface area contributed by atoms with E-state index >= 15 is 0 Å². The molecular formula is C32H47F3N6O4S. The van der Waals surface area contributed by atoms with Crippen molar-refractivity contribution in [2.24, 2.45) is 0 Å². The number of alkyl carbamates (subject to hydrolysis) is 1. The van der Waals surface area contributed by atoms with Crippen molar-refractivity contribution in [3.05, 3.63) is 53.7 Å². The van der Waals surface area contributed by atoms with Gasteiger partial charge in [0.05, 0.1) is 10.5 Å². The van der Waals surface area contributed by atoms with Gasteiger partial charge in [0.25, 0.3) is 0 Å².